The minimum atomic E-state index is 0.0548. The summed E-state index contributed by atoms with van der Waals surface area (Å²) in [7, 11) is 1.64. The van der Waals surface area contributed by atoms with Crippen LogP contribution in [0.1, 0.15) is 42.6 Å². The Morgan fingerprint density at radius 3 is 2.81 bits per heavy atom. The summed E-state index contributed by atoms with van der Waals surface area (Å²) in [5, 5.41) is 0. The first-order valence-corrected chi connectivity index (χ1v) is 7.48. The standard InChI is InChI=1S/C17H23NO3/c1-4-13-10-18(8-7-16(13)20)11-15-9-14(12(2)19)5-6-17(15)21-3/h5-6,9,13H,4,7-8,10-11H2,1-3H3. The van der Waals surface area contributed by atoms with Gasteiger partial charge in [0.1, 0.15) is 11.5 Å². The molecule has 2 rings (SSSR count). The van der Waals surface area contributed by atoms with Gasteiger partial charge in [-0.25, -0.2) is 0 Å². The van der Waals surface area contributed by atoms with Gasteiger partial charge < -0.3 is 4.74 Å². The number of likely N-dealkylation sites (tertiary alicyclic amines) is 1. The predicted molar refractivity (Wildman–Crippen MR) is 81.7 cm³/mol. The maximum absolute atomic E-state index is 11.8. The van der Waals surface area contributed by atoms with Crippen molar-refractivity contribution in [2.75, 3.05) is 20.2 Å². The first-order chi connectivity index (χ1) is 10.0. The number of piperidine rings is 1. The smallest absolute Gasteiger partial charge is 0.159 e. The molecule has 1 unspecified atom stereocenters. The number of benzene rings is 1. The number of carbonyl (C=O) groups excluding carboxylic acids is 2. The van der Waals surface area contributed by atoms with Gasteiger partial charge in [0.25, 0.3) is 0 Å². The van der Waals surface area contributed by atoms with Crippen LogP contribution in [-0.2, 0) is 11.3 Å². The highest BCUT2D eigenvalue weighted by atomic mass is 16.5. The summed E-state index contributed by atoms with van der Waals surface area (Å²) in [6.45, 7) is 5.92. The van der Waals surface area contributed by atoms with Crippen LogP contribution in [0.4, 0.5) is 0 Å². The molecule has 1 atom stereocenters. The Morgan fingerprint density at radius 1 is 1.43 bits per heavy atom. The van der Waals surface area contributed by atoms with Crippen LogP contribution in [0, 0.1) is 5.92 Å². The normalized spacial score (nSPS) is 19.6. The van der Waals surface area contributed by atoms with Crippen molar-refractivity contribution >= 4 is 11.6 Å². The zero-order valence-corrected chi connectivity index (χ0v) is 13.0. The van der Waals surface area contributed by atoms with Gasteiger partial charge in [-0.2, -0.15) is 0 Å². The number of methoxy groups -OCH3 is 1. The maximum atomic E-state index is 11.8. The number of Topliss-reactive ketones (excluding diaryl/α,β-unsaturated/α-hetero) is 2. The third kappa shape index (κ3) is 3.70. The Labute approximate surface area is 126 Å². The van der Waals surface area contributed by atoms with E-state index in [1.54, 1.807) is 20.1 Å². The Bertz CT molecular complexity index is 539. The van der Waals surface area contributed by atoms with Crippen LogP contribution >= 0.6 is 0 Å². The van der Waals surface area contributed by atoms with Crippen molar-refractivity contribution in [1.82, 2.24) is 4.90 Å². The van der Waals surface area contributed by atoms with Gasteiger partial charge in [0.15, 0.2) is 5.78 Å². The Balaban J connectivity index is 2.16. The lowest BCUT2D eigenvalue weighted by molar-refractivity contribution is -0.126. The van der Waals surface area contributed by atoms with Crippen molar-refractivity contribution in [3.05, 3.63) is 29.3 Å². The number of hydrogen-bond donors (Lipinski definition) is 0. The number of rotatable bonds is 5. The second kappa shape index (κ2) is 6.85. The van der Waals surface area contributed by atoms with Crippen molar-refractivity contribution in [2.24, 2.45) is 5.92 Å². The number of nitrogens with zero attached hydrogens (tertiary/aromatic N) is 1. The van der Waals surface area contributed by atoms with E-state index in [-0.39, 0.29) is 11.7 Å². The molecule has 1 aromatic rings. The molecule has 114 valence electrons. The van der Waals surface area contributed by atoms with Crippen molar-refractivity contribution in [2.45, 2.75) is 33.2 Å². The van der Waals surface area contributed by atoms with Crippen molar-refractivity contribution in [1.29, 1.82) is 0 Å². The van der Waals surface area contributed by atoms with Gasteiger partial charge in [-0.15, -0.1) is 0 Å². The lowest BCUT2D eigenvalue weighted by Gasteiger charge is -2.31. The van der Waals surface area contributed by atoms with Crippen LogP contribution in [0.2, 0.25) is 0 Å². The van der Waals surface area contributed by atoms with Crippen LogP contribution in [0.3, 0.4) is 0 Å². The molecule has 1 aromatic carbocycles. The molecule has 21 heavy (non-hydrogen) atoms. The van der Waals surface area contributed by atoms with Gasteiger partial charge >= 0.3 is 0 Å². The highest BCUT2D eigenvalue weighted by Gasteiger charge is 2.26. The minimum absolute atomic E-state index is 0.0548. The highest BCUT2D eigenvalue weighted by molar-refractivity contribution is 5.94. The molecule has 0 bridgehead atoms. The number of ketones is 2. The van der Waals surface area contributed by atoms with E-state index in [0.717, 1.165) is 30.8 Å². The van der Waals surface area contributed by atoms with Crippen LogP contribution in [-0.4, -0.2) is 36.7 Å². The molecule has 1 saturated heterocycles. The summed E-state index contributed by atoms with van der Waals surface area (Å²) in [5.41, 5.74) is 1.71. The van der Waals surface area contributed by atoms with Gasteiger partial charge in [-0.1, -0.05) is 6.92 Å². The molecule has 0 aromatic heterocycles. The van der Waals surface area contributed by atoms with E-state index in [1.165, 1.54) is 0 Å². The molecule has 0 spiro atoms. The molecule has 1 aliphatic heterocycles. The van der Waals surface area contributed by atoms with E-state index in [0.29, 0.717) is 24.3 Å². The van der Waals surface area contributed by atoms with E-state index in [2.05, 4.69) is 11.8 Å². The van der Waals surface area contributed by atoms with Crippen LogP contribution in [0.25, 0.3) is 0 Å². The Morgan fingerprint density at radius 2 is 2.19 bits per heavy atom. The topological polar surface area (TPSA) is 46.6 Å². The van der Waals surface area contributed by atoms with E-state index in [1.807, 2.05) is 12.1 Å². The van der Waals surface area contributed by atoms with Crippen molar-refractivity contribution in [3.8, 4) is 5.75 Å². The van der Waals surface area contributed by atoms with Gasteiger partial charge in [0.2, 0.25) is 0 Å². The zero-order chi connectivity index (χ0) is 15.4. The fraction of sp³-hybridized carbons (Fsp3) is 0.529. The largest absolute Gasteiger partial charge is 0.496 e. The molecule has 0 radical (unpaired) electrons. The summed E-state index contributed by atoms with van der Waals surface area (Å²) < 4.78 is 5.39. The van der Waals surface area contributed by atoms with E-state index in [9.17, 15) is 9.59 Å². The second-order valence-corrected chi connectivity index (χ2v) is 5.64. The maximum Gasteiger partial charge on any atom is 0.159 e. The SMILES string of the molecule is CCC1CN(Cc2cc(C(C)=O)ccc2OC)CCC1=O. The fourth-order valence-electron chi connectivity index (χ4n) is 2.84. The fourth-order valence-corrected chi connectivity index (χ4v) is 2.84. The number of hydrogen-bond acceptors (Lipinski definition) is 4. The summed E-state index contributed by atoms with van der Waals surface area (Å²) >= 11 is 0. The molecule has 0 amide bonds. The van der Waals surface area contributed by atoms with E-state index in [4.69, 9.17) is 4.74 Å². The third-order valence-electron chi connectivity index (χ3n) is 4.18. The summed E-state index contributed by atoms with van der Waals surface area (Å²) in [4.78, 5) is 25.6. The average Bonchev–Trinajstić information content (AvgIpc) is 2.49. The van der Waals surface area contributed by atoms with Gasteiger partial charge in [0, 0.05) is 43.1 Å². The molecular weight excluding hydrogens is 266 g/mol. The predicted octanol–water partition coefficient (Wildman–Crippen LogP) is 2.70. The van der Waals surface area contributed by atoms with Crippen LogP contribution in [0.5, 0.6) is 5.75 Å². The van der Waals surface area contributed by atoms with Crippen molar-refractivity contribution < 1.29 is 14.3 Å². The third-order valence-corrected chi connectivity index (χ3v) is 4.18. The molecule has 1 fully saturated rings. The minimum Gasteiger partial charge on any atom is -0.496 e. The monoisotopic (exact) mass is 289 g/mol. The summed E-state index contributed by atoms with van der Waals surface area (Å²) in [6, 6.07) is 5.54. The van der Waals surface area contributed by atoms with Gasteiger partial charge in [0.05, 0.1) is 7.11 Å². The molecule has 1 aliphatic rings. The molecule has 0 aliphatic carbocycles. The molecular formula is C17H23NO3. The molecule has 4 heteroatoms. The molecule has 4 nitrogen and oxygen atoms in total. The van der Waals surface area contributed by atoms with Crippen molar-refractivity contribution in [3.63, 3.8) is 0 Å². The highest BCUT2D eigenvalue weighted by Crippen LogP contribution is 2.24. The Hall–Kier alpha value is -1.68. The van der Waals surface area contributed by atoms with E-state index >= 15 is 0 Å². The molecule has 0 N–H and O–H groups in total. The van der Waals surface area contributed by atoms with Crippen LogP contribution in [0.15, 0.2) is 18.2 Å². The lowest BCUT2D eigenvalue weighted by atomic mass is 9.93. The molecule has 1 heterocycles. The Kier molecular flexibility index (Phi) is 5.12. The average molecular weight is 289 g/mol. The second-order valence-electron chi connectivity index (χ2n) is 5.64. The first-order valence-electron chi connectivity index (χ1n) is 7.48. The summed E-state index contributed by atoms with van der Waals surface area (Å²) in [6.07, 6.45) is 1.51. The van der Waals surface area contributed by atoms with Crippen LogP contribution < -0.4 is 4.74 Å². The zero-order valence-electron chi connectivity index (χ0n) is 13.0. The number of carbonyl (C=O) groups is 2. The lowest BCUT2D eigenvalue weighted by Crippen LogP contribution is -2.40. The van der Waals surface area contributed by atoms with Gasteiger partial charge in [-0.3, -0.25) is 14.5 Å². The number of ether oxygens (including phenoxy) is 1. The quantitative estimate of drug-likeness (QED) is 0.782. The molecule has 0 saturated carbocycles. The summed E-state index contributed by atoms with van der Waals surface area (Å²) in [5.74, 6) is 1.36. The first kappa shape index (κ1) is 15.7. The van der Waals surface area contributed by atoms with Gasteiger partial charge in [-0.05, 0) is 31.5 Å². The van der Waals surface area contributed by atoms with E-state index < -0.39 is 0 Å².